The van der Waals surface area contributed by atoms with Crippen molar-refractivity contribution < 1.29 is 23.8 Å². The average Bonchev–Trinajstić information content (AvgIpc) is 2.70. The molecule has 0 unspecified atom stereocenters. The zero-order valence-electron chi connectivity index (χ0n) is 15.8. The molecule has 8 nitrogen and oxygen atoms in total. The number of hydrazine groups is 1. The summed E-state index contributed by atoms with van der Waals surface area (Å²) in [5, 5.41) is 2.32. The van der Waals surface area contributed by atoms with E-state index in [4.69, 9.17) is 26.4 Å². The Hall–Kier alpha value is -2.85. The first kappa shape index (κ1) is 22.4. The second-order valence-electron chi connectivity index (χ2n) is 5.71. The number of hydrogen-bond donors (Lipinski definition) is 3. The van der Waals surface area contributed by atoms with Gasteiger partial charge in [0.25, 0.3) is 11.8 Å². The van der Waals surface area contributed by atoms with Crippen LogP contribution in [-0.2, 0) is 9.59 Å². The van der Waals surface area contributed by atoms with Gasteiger partial charge in [0, 0.05) is 0 Å². The number of ether oxygens (including phenoxy) is 3. The van der Waals surface area contributed by atoms with E-state index in [1.807, 2.05) is 19.1 Å². The summed E-state index contributed by atoms with van der Waals surface area (Å²) >= 11 is 8.32. The lowest BCUT2D eigenvalue weighted by atomic mass is 10.2. The molecule has 0 heterocycles. The number of amides is 2. The molecule has 0 bridgehead atoms. The van der Waals surface area contributed by atoms with Crippen molar-refractivity contribution in [1.82, 2.24) is 16.2 Å². The molecule has 2 aromatic rings. The fourth-order valence-electron chi connectivity index (χ4n) is 2.10. The van der Waals surface area contributed by atoms with Crippen LogP contribution >= 0.6 is 28.1 Å². The van der Waals surface area contributed by atoms with Crippen LogP contribution in [-0.4, -0.2) is 37.3 Å². The monoisotopic (exact) mass is 481 g/mol. The first-order valence-electron chi connectivity index (χ1n) is 8.42. The van der Waals surface area contributed by atoms with E-state index < -0.39 is 11.8 Å². The minimum absolute atomic E-state index is 0.0767. The van der Waals surface area contributed by atoms with E-state index in [1.165, 1.54) is 7.11 Å². The van der Waals surface area contributed by atoms with Crippen molar-refractivity contribution in [2.75, 3.05) is 20.3 Å². The van der Waals surface area contributed by atoms with Crippen molar-refractivity contribution in [3.8, 4) is 17.2 Å². The van der Waals surface area contributed by atoms with E-state index >= 15 is 0 Å². The van der Waals surface area contributed by atoms with Crippen LogP contribution in [0.1, 0.15) is 5.56 Å². The van der Waals surface area contributed by atoms with Gasteiger partial charge in [-0.25, -0.2) is 0 Å². The third kappa shape index (κ3) is 7.59. The van der Waals surface area contributed by atoms with Crippen molar-refractivity contribution in [3.05, 3.63) is 52.5 Å². The summed E-state index contributed by atoms with van der Waals surface area (Å²) in [6.45, 7) is 1.43. The average molecular weight is 482 g/mol. The standard InChI is InChI=1S/C19H20BrN3O5S/c1-12-7-8-14(13(20)9-12)27-10-17(24)21-19(29)23-22-18(25)11-28-16-6-4-3-5-15(16)26-2/h3-9H,10-11H2,1-2H3,(H,22,25)(H2,21,23,24,29). The highest BCUT2D eigenvalue weighted by Crippen LogP contribution is 2.26. The first-order chi connectivity index (χ1) is 13.9. The number of thiocarbonyl (C=S) groups is 1. The number of aryl methyl sites for hydroxylation is 1. The van der Waals surface area contributed by atoms with Gasteiger partial charge < -0.3 is 14.2 Å². The Bertz CT molecular complexity index is 894. The van der Waals surface area contributed by atoms with Gasteiger partial charge in [-0.15, -0.1) is 0 Å². The van der Waals surface area contributed by atoms with Crippen LogP contribution in [0, 0.1) is 6.92 Å². The quantitative estimate of drug-likeness (QED) is 0.412. The Morgan fingerprint density at radius 2 is 1.62 bits per heavy atom. The summed E-state index contributed by atoms with van der Waals surface area (Å²) in [4.78, 5) is 23.7. The fourth-order valence-corrected chi connectivity index (χ4v) is 2.88. The highest BCUT2D eigenvalue weighted by molar-refractivity contribution is 9.10. The summed E-state index contributed by atoms with van der Waals surface area (Å²) < 4.78 is 16.7. The van der Waals surface area contributed by atoms with Crippen LogP contribution in [0.4, 0.5) is 0 Å². The van der Waals surface area contributed by atoms with Crippen LogP contribution in [0.25, 0.3) is 0 Å². The molecule has 3 N–H and O–H groups in total. The van der Waals surface area contributed by atoms with Crippen molar-refractivity contribution in [2.45, 2.75) is 6.92 Å². The molecule has 0 atom stereocenters. The molecule has 2 aromatic carbocycles. The number of benzene rings is 2. The topological polar surface area (TPSA) is 97.9 Å². The molecule has 0 aliphatic rings. The molecule has 0 fully saturated rings. The molecule has 2 rings (SSSR count). The van der Waals surface area contributed by atoms with E-state index in [0.29, 0.717) is 17.2 Å². The van der Waals surface area contributed by atoms with Gasteiger partial charge >= 0.3 is 0 Å². The molecule has 2 amide bonds. The third-order valence-corrected chi connectivity index (χ3v) is 4.27. The molecule has 0 aliphatic heterocycles. The fraction of sp³-hybridized carbons (Fsp3) is 0.211. The molecular weight excluding hydrogens is 462 g/mol. The van der Waals surface area contributed by atoms with Crippen LogP contribution in [0.5, 0.6) is 17.2 Å². The van der Waals surface area contributed by atoms with Gasteiger partial charge in [-0.05, 0) is 64.9 Å². The molecular formula is C19H20BrN3O5S. The molecule has 0 aliphatic carbocycles. The highest BCUT2D eigenvalue weighted by Gasteiger charge is 2.10. The minimum atomic E-state index is -0.493. The Labute approximate surface area is 182 Å². The number of carbonyl (C=O) groups is 2. The SMILES string of the molecule is COc1ccccc1OCC(=O)NNC(=S)NC(=O)COc1ccc(C)cc1Br. The maximum atomic E-state index is 11.9. The van der Waals surface area contributed by atoms with E-state index in [9.17, 15) is 9.59 Å². The van der Waals surface area contributed by atoms with Crippen molar-refractivity contribution in [3.63, 3.8) is 0 Å². The maximum absolute atomic E-state index is 11.9. The highest BCUT2D eigenvalue weighted by atomic mass is 79.9. The van der Waals surface area contributed by atoms with Crippen LogP contribution in [0.3, 0.4) is 0 Å². The molecule has 0 saturated heterocycles. The predicted molar refractivity (Wildman–Crippen MR) is 115 cm³/mol. The van der Waals surface area contributed by atoms with E-state index in [0.717, 1.165) is 10.0 Å². The Kier molecular flexibility index (Phi) is 8.68. The molecule has 0 saturated carbocycles. The number of rotatable bonds is 7. The predicted octanol–water partition coefficient (Wildman–Crippen LogP) is 2.25. The number of halogens is 1. The van der Waals surface area contributed by atoms with Crippen molar-refractivity contribution >= 4 is 45.1 Å². The summed E-state index contributed by atoms with van der Waals surface area (Å²) in [6, 6.07) is 12.4. The number of carbonyl (C=O) groups excluding carboxylic acids is 2. The first-order valence-corrected chi connectivity index (χ1v) is 9.62. The molecule has 29 heavy (non-hydrogen) atoms. The number of nitrogens with one attached hydrogen (secondary N) is 3. The molecule has 154 valence electrons. The maximum Gasteiger partial charge on any atom is 0.276 e. The van der Waals surface area contributed by atoms with E-state index in [-0.39, 0.29) is 18.3 Å². The zero-order valence-corrected chi connectivity index (χ0v) is 18.2. The lowest BCUT2D eigenvalue weighted by Gasteiger charge is -2.13. The second kappa shape index (κ2) is 11.2. The number of methoxy groups -OCH3 is 1. The summed E-state index contributed by atoms with van der Waals surface area (Å²) in [7, 11) is 1.51. The zero-order chi connectivity index (χ0) is 21.2. The molecule has 0 aromatic heterocycles. The number of hydrogen-bond acceptors (Lipinski definition) is 6. The molecule has 0 radical (unpaired) electrons. The lowest BCUT2D eigenvalue weighted by molar-refractivity contribution is -0.124. The Morgan fingerprint density at radius 1 is 0.966 bits per heavy atom. The molecule has 10 heteroatoms. The summed E-state index contributed by atoms with van der Waals surface area (Å²) in [5.74, 6) is 0.505. The van der Waals surface area contributed by atoms with Gasteiger partial charge in [0.2, 0.25) is 0 Å². The Morgan fingerprint density at radius 3 is 2.31 bits per heavy atom. The normalized spacial score (nSPS) is 9.90. The Balaban J connectivity index is 1.69. The lowest BCUT2D eigenvalue weighted by Crippen LogP contribution is -2.50. The summed E-state index contributed by atoms with van der Waals surface area (Å²) in [5.41, 5.74) is 5.80. The minimum Gasteiger partial charge on any atom is -0.493 e. The van der Waals surface area contributed by atoms with Crippen molar-refractivity contribution in [1.29, 1.82) is 0 Å². The van der Waals surface area contributed by atoms with E-state index in [2.05, 4.69) is 32.1 Å². The van der Waals surface area contributed by atoms with Gasteiger partial charge in [0.15, 0.2) is 29.8 Å². The van der Waals surface area contributed by atoms with Crippen LogP contribution in [0.15, 0.2) is 46.9 Å². The van der Waals surface area contributed by atoms with E-state index in [1.54, 1.807) is 30.3 Å². The summed E-state index contributed by atoms with van der Waals surface area (Å²) in [6.07, 6.45) is 0. The largest absolute Gasteiger partial charge is 0.493 e. The number of para-hydroxylation sites is 2. The van der Waals surface area contributed by atoms with Gasteiger partial charge in [-0.2, -0.15) is 0 Å². The molecule has 0 spiro atoms. The second-order valence-corrected chi connectivity index (χ2v) is 6.98. The van der Waals surface area contributed by atoms with Crippen LogP contribution in [0.2, 0.25) is 0 Å². The van der Waals surface area contributed by atoms with Crippen LogP contribution < -0.4 is 30.4 Å². The third-order valence-electron chi connectivity index (χ3n) is 3.44. The van der Waals surface area contributed by atoms with Gasteiger partial charge in [-0.1, -0.05) is 18.2 Å². The van der Waals surface area contributed by atoms with Crippen molar-refractivity contribution in [2.24, 2.45) is 0 Å². The van der Waals surface area contributed by atoms with Gasteiger partial charge in [-0.3, -0.25) is 25.8 Å². The van der Waals surface area contributed by atoms with Gasteiger partial charge in [0.05, 0.1) is 11.6 Å². The smallest absolute Gasteiger partial charge is 0.276 e. The van der Waals surface area contributed by atoms with Gasteiger partial charge in [0.1, 0.15) is 5.75 Å².